The standard InChI is InChI=1S/C12H9N3OS/c1-8-5-6-10(17-8)12-13-11-4-2-3-9(7-16)15(11)14-12/h2-7H,1H3. The van der Waals surface area contributed by atoms with Gasteiger partial charge < -0.3 is 0 Å². The molecular formula is C12H9N3OS. The van der Waals surface area contributed by atoms with Crippen molar-refractivity contribution in [3.05, 3.63) is 40.9 Å². The zero-order valence-electron chi connectivity index (χ0n) is 9.12. The Morgan fingerprint density at radius 1 is 1.29 bits per heavy atom. The van der Waals surface area contributed by atoms with Gasteiger partial charge in [-0.1, -0.05) is 6.07 Å². The summed E-state index contributed by atoms with van der Waals surface area (Å²) in [6.45, 7) is 2.04. The maximum Gasteiger partial charge on any atom is 0.192 e. The van der Waals surface area contributed by atoms with Crippen LogP contribution in [0.3, 0.4) is 0 Å². The molecule has 0 aromatic carbocycles. The number of rotatable bonds is 2. The molecule has 0 aliphatic heterocycles. The van der Waals surface area contributed by atoms with E-state index in [0.29, 0.717) is 17.2 Å². The third-order valence-corrected chi connectivity index (χ3v) is 3.47. The summed E-state index contributed by atoms with van der Waals surface area (Å²) in [5.41, 5.74) is 1.20. The van der Waals surface area contributed by atoms with E-state index in [1.54, 1.807) is 28.0 Å². The van der Waals surface area contributed by atoms with Crippen molar-refractivity contribution >= 4 is 23.3 Å². The maximum absolute atomic E-state index is 10.9. The van der Waals surface area contributed by atoms with Gasteiger partial charge in [-0.25, -0.2) is 9.50 Å². The summed E-state index contributed by atoms with van der Waals surface area (Å²) in [7, 11) is 0. The molecule has 0 aliphatic carbocycles. The normalized spacial score (nSPS) is 10.9. The molecule has 3 aromatic heterocycles. The largest absolute Gasteiger partial charge is 0.296 e. The number of thiophene rings is 1. The summed E-state index contributed by atoms with van der Waals surface area (Å²) >= 11 is 1.64. The number of carbonyl (C=O) groups is 1. The molecule has 4 nitrogen and oxygen atoms in total. The van der Waals surface area contributed by atoms with Gasteiger partial charge in [0.15, 0.2) is 17.8 Å². The lowest BCUT2D eigenvalue weighted by molar-refractivity contribution is 0.111. The number of pyridine rings is 1. The Balaban J connectivity index is 2.23. The Morgan fingerprint density at radius 2 is 2.18 bits per heavy atom. The molecule has 3 rings (SSSR count). The fourth-order valence-corrected chi connectivity index (χ4v) is 2.47. The van der Waals surface area contributed by atoms with Crippen LogP contribution in [-0.4, -0.2) is 20.9 Å². The van der Waals surface area contributed by atoms with Crippen LogP contribution in [0.2, 0.25) is 0 Å². The molecule has 84 valence electrons. The minimum absolute atomic E-state index is 0.509. The van der Waals surface area contributed by atoms with Gasteiger partial charge in [0.2, 0.25) is 0 Å². The van der Waals surface area contributed by atoms with Crippen LogP contribution in [0.25, 0.3) is 16.3 Å². The van der Waals surface area contributed by atoms with Crippen LogP contribution < -0.4 is 0 Å². The topological polar surface area (TPSA) is 47.3 Å². The van der Waals surface area contributed by atoms with Gasteiger partial charge in [-0.05, 0) is 31.2 Å². The van der Waals surface area contributed by atoms with Crippen molar-refractivity contribution in [2.75, 3.05) is 0 Å². The van der Waals surface area contributed by atoms with Gasteiger partial charge in [-0.2, -0.15) is 0 Å². The van der Waals surface area contributed by atoms with E-state index in [4.69, 9.17) is 0 Å². The number of hydrogen-bond donors (Lipinski definition) is 0. The number of aromatic nitrogens is 3. The van der Waals surface area contributed by atoms with E-state index in [1.807, 2.05) is 25.1 Å². The average Bonchev–Trinajstić information content (AvgIpc) is 2.93. The first-order valence-electron chi connectivity index (χ1n) is 5.16. The van der Waals surface area contributed by atoms with Gasteiger partial charge in [0.1, 0.15) is 5.69 Å². The smallest absolute Gasteiger partial charge is 0.192 e. The van der Waals surface area contributed by atoms with Gasteiger partial charge in [0.05, 0.1) is 4.88 Å². The van der Waals surface area contributed by atoms with Gasteiger partial charge in [-0.3, -0.25) is 4.79 Å². The summed E-state index contributed by atoms with van der Waals surface area (Å²) < 4.78 is 1.57. The number of hydrogen-bond acceptors (Lipinski definition) is 4. The molecule has 0 fully saturated rings. The number of aldehydes is 1. The zero-order valence-corrected chi connectivity index (χ0v) is 9.94. The van der Waals surface area contributed by atoms with Crippen molar-refractivity contribution in [1.82, 2.24) is 14.6 Å². The van der Waals surface area contributed by atoms with E-state index in [9.17, 15) is 4.79 Å². The first kappa shape index (κ1) is 10.2. The van der Waals surface area contributed by atoms with E-state index in [-0.39, 0.29) is 0 Å². The number of nitrogens with zero attached hydrogens (tertiary/aromatic N) is 3. The molecule has 0 atom stereocenters. The van der Waals surface area contributed by atoms with Crippen LogP contribution in [0, 0.1) is 6.92 Å². The van der Waals surface area contributed by atoms with Crippen LogP contribution in [-0.2, 0) is 0 Å². The third-order valence-electron chi connectivity index (χ3n) is 2.47. The fourth-order valence-electron chi connectivity index (χ4n) is 1.67. The summed E-state index contributed by atoms with van der Waals surface area (Å²) in [6, 6.07) is 9.39. The first-order valence-corrected chi connectivity index (χ1v) is 5.97. The van der Waals surface area contributed by atoms with Gasteiger partial charge in [0, 0.05) is 4.88 Å². The second-order valence-electron chi connectivity index (χ2n) is 3.68. The number of fused-ring (bicyclic) bond motifs is 1. The predicted octanol–water partition coefficient (Wildman–Crippen LogP) is 2.58. The SMILES string of the molecule is Cc1ccc(-c2nc3cccc(C=O)n3n2)s1. The third kappa shape index (κ3) is 1.64. The minimum atomic E-state index is 0.509. The lowest BCUT2D eigenvalue weighted by Crippen LogP contribution is -1.95. The molecule has 0 spiro atoms. The highest BCUT2D eigenvalue weighted by molar-refractivity contribution is 7.15. The van der Waals surface area contributed by atoms with E-state index in [2.05, 4.69) is 10.1 Å². The van der Waals surface area contributed by atoms with E-state index >= 15 is 0 Å². The summed E-state index contributed by atoms with van der Waals surface area (Å²) in [5.74, 6) is 0.664. The zero-order chi connectivity index (χ0) is 11.8. The minimum Gasteiger partial charge on any atom is -0.296 e. The van der Waals surface area contributed by atoms with E-state index < -0.39 is 0 Å². The molecule has 3 heterocycles. The molecule has 0 unspecified atom stereocenters. The number of aryl methyl sites for hydroxylation is 1. The second-order valence-corrected chi connectivity index (χ2v) is 4.97. The summed E-state index contributed by atoms with van der Waals surface area (Å²) in [6.07, 6.45) is 0.783. The molecule has 0 radical (unpaired) electrons. The first-order chi connectivity index (χ1) is 8.28. The van der Waals surface area contributed by atoms with Crippen molar-refractivity contribution in [2.45, 2.75) is 6.92 Å². The Kier molecular flexibility index (Phi) is 2.26. The van der Waals surface area contributed by atoms with E-state index in [0.717, 1.165) is 11.2 Å². The van der Waals surface area contributed by atoms with Gasteiger partial charge in [0.25, 0.3) is 0 Å². The monoisotopic (exact) mass is 243 g/mol. The van der Waals surface area contributed by atoms with Crippen LogP contribution >= 0.6 is 11.3 Å². The highest BCUT2D eigenvalue weighted by atomic mass is 32.1. The Bertz CT molecular complexity index is 699. The summed E-state index contributed by atoms with van der Waals surface area (Å²) in [5, 5.41) is 4.35. The van der Waals surface area contributed by atoms with Crippen LogP contribution in [0.15, 0.2) is 30.3 Å². The van der Waals surface area contributed by atoms with Gasteiger partial charge in [-0.15, -0.1) is 16.4 Å². The summed E-state index contributed by atoms with van der Waals surface area (Å²) in [4.78, 5) is 17.5. The van der Waals surface area contributed by atoms with Crippen molar-refractivity contribution in [1.29, 1.82) is 0 Å². The van der Waals surface area contributed by atoms with Gasteiger partial charge >= 0.3 is 0 Å². The Labute approximate surface area is 102 Å². The molecule has 0 saturated heterocycles. The molecule has 0 N–H and O–H groups in total. The molecule has 5 heteroatoms. The van der Waals surface area contributed by atoms with Crippen molar-refractivity contribution in [3.8, 4) is 10.7 Å². The molecule has 0 saturated carbocycles. The second kappa shape index (κ2) is 3.78. The molecule has 0 aliphatic rings. The van der Waals surface area contributed by atoms with Crippen molar-refractivity contribution in [3.63, 3.8) is 0 Å². The quantitative estimate of drug-likeness (QED) is 0.650. The number of carbonyl (C=O) groups excluding carboxylic acids is 1. The highest BCUT2D eigenvalue weighted by Gasteiger charge is 2.09. The average molecular weight is 243 g/mol. The maximum atomic E-state index is 10.9. The predicted molar refractivity (Wildman–Crippen MR) is 66.4 cm³/mol. The van der Waals surface area contributed by atoms with Crippen molar-refractivity contribution < 1.29 is 4.79 Å². The highest BCUT2D eigenvalue weighted by Crippen LogP contribution is 2.25. The Hall–Kier alpha value is -2.01. The molecule has 3 aromatic rings. The lowest BCUT2D eigenvalue weighted by atomic mass is 10.4. The van der Waals surface area contributed by atoms with E-state index in [1.165, 1.54) is 4.88 Å². The van der Waals surface area contributed by atoms with Crippen molar-refractivity contribution in [2.24, 2.45) is 0 Å². The molecule has 0 bridgehead atoms. The van der Waals surface area contributed by atoms with Crippen LogP contribution in [0.5, 0.6) is 0 Å². The molecule has 0 amide bonds. The fraction of sp³-hybridized carbons (Fsp3) is 0.0833. The van der Waals surface area contributed by atoms with Crippen LogP contribution in [0.1, 0.15) is 15.4 Å². The lowest BCUT2D eigenvalue weighted by Gasteiger charge is -1.92. The molecular weight excluding hydrogens is 234 g/mol. The Morgan fingerprint density at radius 3 is 2.88 bits per heavy atom. The van der Waals surface area contributed by atoms with Crippen LogP contribution in [0.4, 0.5) is 0 Å². The molecule has 17 heavy (non-hydrogen) atoms.